The summed E-state index contributed by atoms with van der Waals surface area (Å²) in [5.74, 6) is 0.535. The molecule has 6 rings (SSSR count). The van der Waals surface area contributed by atoms with Crippen LogP contribution in [0.3, 0.4) is 0 Å². The Bertz CT molecular complexity index is 1780. The van der Waals surface area contributed by atoms with Crippen molar-refractivity contribution in [2.75, 3.05) is 13.7 Å². The predicted octanol–water partition coefficient (Wildman–Crippen LogP) is 5.78. The topological polar surface area (TPSA) is 68.8 Å². The summed E-state index contributed by atoms with van der Waals surface area (Å²) in [6.07, 6.45) is 3.75. The van der Waals surface area contributed by atoms with Crippen LogP contribution in [0.2, 0.25) is 10.0 Å². The molecule has 1 aliphatic rings. The molecular weight excluding hydrogens is 547 g/mol. The molecule has 0 spiro atoms. The summed E-state index contributed by atoms with van der Waals surface area (Å²) in [6, 6.07) is 22.5. The van der Waals surface area contributed by atoms with Gasteiger partial charge in [0.25, 0.3) is 11.5 Å². The Hall–Kier alpha value is -4.07. The fourth-order valence-corrected chi connectivity index (χ4v) is 5.57. The molecule has 3 heterocycles. The summed E-state index contributed by atoms with van der Waals surface area (Å²) < 4.78 is 8.90. The largest absolute Gasteiger partial charge is 0.497 e. The van der Waals surface area contributed by atoms with Crippen LogP contribution in [0.1, 0.15) is 32.7 Å². The van der Waals surface area contributed by atoms with E-state index in [2.05, 4.69) is 12.1 Å². The van der Waals surface area contributed by atoms with E-state index in [0.717, 1.165) is 23.4 Å². The van der Waals surface area contributed by atoms with Crippen LogP contribution in [-0.2, 0) is 25.8 Å². The minimum Gasteiger partial charge on any atom is -0.497 e. The first-order chi connectivity index (χ1) is 19.4. The Morgan fingerprint density at radius 3 is 2.48 bits per heavy atom. The van der Waals surface area contributed by atoms with Crippen LogP contribution in [0.15, 0.2) is 83.8 Å². The smallest absolute Gasteiger partial charge is 0.261 e. The van der Waals surface area contributed by atoms with Gasteiger partial charge in [0, 0.05) is 23.2 Å². The summed E-state index contributed by atoms with van der Waals surface area (Å²) in [7, 11) is 1.61. The number of amides is 1. The van der Waals surface area contributed by atoms with E-state index in [1.807, 2.05) is 53.2 Å². The van der Waals surface area contributed by atoms with Gasteiger partial charge in [-0.3, -0.25) is 14.2 Å². The van der Waals surface area contributed by atoms with Crippen molar-refractivity contribution in [1.82, 2.24) is 19.1 Å². The van der Waals surface area contributed by atoms with E-state index in [9.17, 15) is 9.59 Å². The Balaban J connectivity index is 1.45. The van der Waals surface area contributed by atoms with Gasteiger partial charge in [-0.1, -0.05) is 53.5 Å². The molecule has 0 aliphatic carbocycles. The first kappa shape index (κ1) is 26.2. The minimum absolute atomic E-state index is 0.101. The Labute approximate surface area is 241 Å². The number of fused-ring (bicyclic) bond motifs is 3. The fraction of sp³-hybridized carbons (Fsp3) is 0.194. The SMILES string of the molecule is COc1ccc(-n2c(=O)c3c(n4ncc(CCc5ccccc5)c24)CN(C(=O)c2ccc(Cl)c(Cl)c2)CC3)cc1. The van der Waals surface area contributed by atoms with Gasteiger partial charge in [0.05, 0.1) is 41.3 Å². The van der Waals surface area contributed by atoms with Gasteiger partial charge in [-0.2, -0.15) is 5.10 Å². The number of carbonyl (C=O) groups is 1. The molecule has 7 nitrogen and oxygen atoms in total. The standard InChI is InChI=1S/C31H26Cl2N4O3/c1-40-24-12-10-23(11-13-24)36-29-22(8-7-20-5-3-2-4-6-20)18-34-37(29)28-19-35(16-15-25(28)31(36)39)30(38)21-9-14-26(32)27(33)17-21/h2-6,9-14,17-18H,7-8,15-16,19H2,1H3. The molecular formula is C31H26Cl2N4O3. The first-order valence-corrected chi connectivity index (χ1v) is 13.8. The van der Waals surface area contributed by atoms with Crippen molar-refractivity contribution >= 4 is 34.8 Å². The molecule has 0 radical (unpaired) electrons. The van der Waals surface area contributed by atoms with Crippen LogP contribution in [0.25, 0.3) is 11.3 Å². The fourth-order valence-electron chi connectivity index (χ4n) is 5.27. The molecule has 202 valence electrons. The van der Waals surface area contributed by atoms with Gasteiger partial charge in [-0.25, -0.2) is 4.52 Å². The van der Waals surface area contributed by atoms with Gasteiger partial charge in [-0.15, -0.1) is 0 Å². The quantitative estimate of drug-likeness (QED) is 0.258. The molecule has 0 atom stereocenters. The molecule has 0 fully saturated rings. The zero-order chi connectivity index (χ0) is 27.8. The normalized spacial score (nSPS) is 12.9. The third-order valence-corrected chi connectivity index (χ3v) is 8.12. The molecule has 0 saturated carbocycles. The molecule has 2 aromatic heterocycles. The van der Waals surface area contributed by atoms with Crippen LogP contribution in [-0.4, -0.2) is 38.6 Å². The zero-order valence-corrected chi connectivity index (χ0v) is 23.3. The average molecular weight is 573 g/mol. The van der Waals surface area contributed by atoms with E-state index in [4.69, 9.17) is 33.0 Å². The molecule has 5 aromatic rings. The minimum atomic E-state index is -0.173. The van der Waals surface area contributed by atoms with Crippen molar-refractivity contribution in [3.8, 4) is 11.4 Å². The summed E-state index contributed by atoms with van der Waals surface area (Å²) in [4.78, 5) is 29.2. The highest BCUT2D eigenvalue weighted by atomic mass is 35.5. The molecule has 40 heavy (non-hydrogen) atoms. The Kier molecular flexibility index (Phi) is 7.09. The maximum Gasteiger partial charge on any atom is 0.261 e. The second-order valence-electron chi connectivity index (χ2n) is 9.76. The summed E-state index contributed by atoms with van der Waals surface area (Å²) >= 11 is 12.2. The highest BCUT2D eigenvalue weighted by molar-refractivity contribution is 6.42. The van der Waals surface area contributed by atoms with E-state index < -0.39 is 0 Å². The highest BCUT2D eigenvalue weighted by Gasteiger charge is 2.29. The number of benzene rings is 3. The van der Waals surface area contributed by atoms with Crippen molar-refractivity contribution in [2.45, 2.75) is 25.8 Å². The Morgan fingerprint density at radius 2 is 1.75 bits per heavy atom. The van der Waals surface area contributed by atoms with Crippen LogP contribution < -0.4 is 10.3 Å². The monoisotopic (exact) mass is 572 g/mol. The number of aromatic nitrogens is 3. The van der Waals surface area contributed by atoms with Gasteiger partial charge >= 0.3 is 0 Å². The molecule has 0 N–H and O–H groups in total. The number of halogens is 2. The lowest BCUT2D eigenvalue weighted by Gasteiger charge is -2.29. The van der Waals surface area contributed by atoms with Crippen LogP contribution >= 0.6 is 23.2 Å². The van der Waals surface area contributed by atoms with E-state index in [0.29, 0.717) is 52.0 Å². The summed E-state index contributed by atoms with van der Waals surface area (Å²) in [6.45, 7) is 0.654. The number of carbonyl (C=O) groups excluding carboxylic acids is 1. The number of hydrogen-bond donors (Lipinski definition) is 0. The Morgan fingerprint density at radius 1 is 0.975 bits per heavy atom. The van der Waals surface area contributed by atoms with E-state index in [-0.39, 0.29) is 18.0 Å². The van der Waals surface area contributed by atoms with Gasteiger partial charge in [0.15, 0.2) is 0 Å². The number of methoxy groups -OCH3 is 1. The molecule has 1 amide bonds. The number of hydrogen-bond acceptors (Lipinski definition) is 4. The predicted molar refractivity (Wildman–Crippen MR) is 156 cm³/mol. The van der Waals surface area contributed by atoms with Gasteiger partial charge < -0.3 is 9.64 Å². The lowest BCUT2D eigenvalue weighted by Crippen LogP contribution is -2.41. The van der Waals surface area contributed by atoms with Crippen molar-refractivity contribution in [1.29, 1.82) is 0 Å². The van der Waals surface area contributed by atoms with Crippen molar-refractivity contribution in [3.05, 3.63) is 127 Å². The van der Waals surface area contributed by atoms with Crippen molar-refractivity contribution in [3.63, 3.8) is 0 Å². The maximum absolute atomic E-state index is 14.1. The van der Waals surface area contributed by atoms with Crippen LogP contribution in [0.4, 0.5) is 0 Å². The number of ether oxygens (including phenoxy) is 1. The van der Waals surface area contributed by atoms with Crippen molar-refractivity contribution in [2.24, 2.45) is 0 Å². The number of nitrogens with zero attached hydrogens (tertiary/aromatic N) is 4. The lowest BCUT2D eigenvalue weighted by molar-refractivity contribution is 0.0730. The maximum atomic E-state index is 14.1. The first-order valence-electron chi connectivity index (χ1n) is 13.0. The van der Waals surface area contributed by atoms with Crippen molar-refractivity contribution < 1.29 is 9.53 Å². The third kappa shape index (κ3) is 4.76. The number of rotatable bonds is 6. The summed E-state index contributed by atoms with van der Waals surface area (Å²) in [5, 5.41) is 5.47. The lowest BCUT2D eigenvalue weighted by atomic mass is 10.0. The van der Waals surface area contributed by atoms with Gasteiger partial charge in [-0.05, 0) is 67.3 Å². The highest BCUT2D eigenvalue weighted by Crippen LogP contribution is 2.27. The van der Waals surface area contributed by atoms with Gasteiger partial charge in [0.1, 0.15) is 11.4 Å². The molecule has 0 bridgehead atoms. The van der Waals surface area contributed by atoms with Crippen LogP contribution in [0.5, 0.6) is 5.75 Å². The van der Waals surface area contributed by atoms with E-state index >= 15 is 0 Å². The second-order valence-corrected chi connectivity index (χ2v) is 10.6. The molecule has 9 heteroatoms. The third-order valence-electron chi connectivity index (χ3n) is 7.38. The second kappa shape index (κ2) is 10.8. The van der Waals surface area contributed by atoms with E-state index in [1.165, 1.54) is 5.56 Å². The zero-order valence-electron chi connectivity index (χ0n) is 21.8. The molecule has 3 aromatic carbocycles. The molecule has 0 unspecified atom stereocenters. The average Bonchev–Trinajstić information content (AvgIpc) is 3.41. The van der Waals surface area contributed by atoms with Crippen LogP contribution in [0, 0.1) is 0 Å². The summed E-state index contributed by atoms with van der Waals surface area (Å²) in [5.41, 5.74) is 5.31. The number of aryl methyl sites for hydroxylation is 2. The molecule has 1 aliphatic heterocycles. The molecule has 0 saturated heterocycles. The van der Waals surface area contributed by atoms with E-state index in [1.54, 1.807) is 34.8 Å². The van der Waals surface area contributed by atoms with Gasteiger partial charge in [0.2, 0.25) is 0 Å².